The summed E-state index contributed by atoms with van der Waals surface area (Å²) in [4.78, 5) is 26.4. The summed E-state index contributed by atoms with van der Waals surface area (Å²) in [5, 5.41) is 4.38. The van der Waals surface area contributed by atoms with E-state index in [0.717, 1.165) is 11.3 Å². The number of ether oxygens (including phenoxy) is 2. The number of carbonyl (C=O) groups is 2. The Hall–Kier alpha value is -4.15. The standard InChI is InChI=1S/C26H22N2O6S2/c1-33-20-12-7-11-19(17-20)27-25(29)24(18-9-3-2-4-10-18)34-26(30)21-13-5-6-14-22(21)28-36(31,32)23-15-8-16-35-23/h2-17,24,28H,1H3,(H,27,29)/t24-/m1/s1. The van der Waals surface area contributed by atoms with Gasteiger partial charge in [0.15, 0.2) is 0 Å². The van der Waals surface area contributed by atoms with Crippen LogP contribution in [-0.4, -0.2) is 27.4 Å². The Bertz CT molecular complexity index is 1450. The van der Waals surface area contributed by atoms with Gasteiger partial charge in [-0.05, 0) is 35.7 Å². The molecule has 0 aliphatic heterocycles. The number of esters is 1. The number of thiophene rings is 1. The highest BCUT2D eigenvalue weighted by atomic mass is 32.2. The minimum atomic E-state index is -3.90. The molecule has 0 aliphatic carbocycles. The summed E-state index contributed by atoms with van der Waals surface area (Å²) in [6.07, 6.45) is -1.30. The minimum absolute atomic E-state index is 0.0345. The van der Waals surface area contributed by atoms with Crippen LogP contribution in [0.15, 0.2) is 101 Å². The van der Waals surface area contributed by atoms with Gasteiger partial charge in [0.2, 0.25) is 6.10 Å². The Morgan fingerprint density at radius 2 is 1.64 bits per heavy atom. The second-order valence-electron chi connectivity index (χ2n) is 7.50. The van der Waals surface area contributed by atoms with E-state index in [1.165, 1.54) is 25.3 Å². The average Bonchev–Trinajstić information content (AvgIpc) is 3.44. The van der Waals surface area contributed by atoms with Crippen molar-refractivity contribution in [1.29, 1.82) is 0 Å². The van der Waals surface area contributed by atoms with E-state index >= 15 is 0 Å². The molecule has 0 saturated carbocycles. The smallest absolute Gasteiger partial charge is 0.341 e. The third kappa shape index (κ3) is 5.91. The van der Waals surface area contributed by atoms with Crippen LogP contribution in [0.2, 0.25) is 0 Å². The second kappa shape index (κ2) is 11.1. The van der Waals surface area contributed by atoms with E-state index in [9.17, 15) is 18.0 Å². The summed E-state index contributed by atoms with van der Waals surface area (Å²) >= 11 is 1.05. The lowest BCUT2D eigenvalue weighted by Gasteiger charge is -2.19. The number of methoxy groups -OCH3 is 1. The molecule has 0 aliphatic rings. The topological polar surface area (TPSA) is 111 Å². The number of benzene rings is 3. The van der Waals surface area contributed by atoms with E-state index in [4.69, 9.17) is 9.47 Å². The third-order valence-corrected chi connectivity index (χ3v) is 7.82. The van der Waals surface area contributed by atoms with Crippen molar-refractivity contribution in [2.75, 3.05) is 17.1 Å². The molecular weight excluding hydrogens is 500 g/mol. The van der Waals surface area contributed by atoms with E-state index in [1.807, 2.05) is 0 Å². The Morgan fingerprint density at radius 1 is 0.889 bits per heavy atom. The predicted octanol–water partition coefficient (Wildman–Crippen LogP) is 5.09. The van der Waals surface area contributed by atoms with Gasteiger partial charge >= 0.3 is 5.97 Å². The van der Waals surface area contributed by atoms with Gasteiger partial charge in [0.05, 0.1) is 18.4 Å². The summed E-state index contributed by atoms with van der Waals surface area (Å²) in [7, 11) is -2.39. The normalized spacial score (nSPS) is 11.8. The summed E-state index contributed by atoms with van der Waals surface area (Å²) in [5.41, 5.74) is 0.909. The number of hydrogen-bond donors (Lipinski definition) is 2. The van der Waals surface area contributed by atoms with Gasteiger partial charge in [-0.15, -0.1) is 11.3 Å². The Kier molecular flexibility index (Phi) is 7.67. The van der Waals surface area contributed by atoms with E-state index in [1.54, 1.807) is 78.2 Å². The van der Waals surface area contributed by atoms with Crippen LogP contribution in [0.4, 0.5) is 11.4 Å². The molecule has 10 heteroatoms. The van der Waals surface area contributed by atoms with E-state index in [0.29, 0.717) is 17.0 Å². The quantitative estimate of drug-likeness (QED) is 0.296. The number of para-hydroxylation sites is 1. The number of anilines is 2. The molecule has 1 atom stereocenters. The molecule has 3 aromatic carbocycles. The maximum atomic E-state index is 13.2. The summed E-state index contributed by atoms with van der Waals surface area (Å²) in [6, 6.07) is 24.4. The van der Waals surface area contributed by atoms with Crippen LogP contribution in [0.25, 0.3) is 0 Å². The van der Waals surface area contributed by atoms with Crippen LogP contribution < -0.4 is 14.8 Å². The number of sulfonamides is 1. The van der Waals surface area contributed by atoms with E-state index < -0.39 is 28.0 Å². The van der Waals surface area contributed by atoms with Gasteiger partial charge in [-0.25, -0.2) is 13.2 Å². The molecule has 2 N–H and O–H groups in total. The van der Waals surface area contributed by atoms with Crippen molar-refractivity contribution in [1.82, 2.24) is 0 Å². The molecule has 0 saturated heterocycles. The highest BCUT2D eigenvalue weighted by molar-refractivity contribution is 7.94. The maximum Gasteiger partial charge on any atom is 0.341 e. The Morgan fingerprint density at radius 3 is 2.36 bits per heavy atom. The average molecular weight is 523 g/mol. The molecule has 1 amide bonds. The molecule has 4 aromatic rings. The molecule has 0 radical (unpaired) electrons. The molecular formula is C26H22N2O6S2. The van der Waals surface area contributed by atoms with Crippen molar-refractivity contribution < 1.29 is 27.5 Å². The fraction of sp³-hybridized carbons (Fsp3) is 0.0769. The predicted molar refractivity (Wildman–Crippen MR) is 138 cm³/mol. The van der Waals surface area contributed by atoms with Crippen molar-refractivity contribution in [2.24, 2.45) is 0 Å². The molecule has 0 spiro atoms. The van der Waals surface area contributed by atoms with Crippen molar-refractivity contribution in [3.63, 3.8) is 0 Å². The van der Waals surface area contributed by atoms with Crippen molar-refractivity contribution in [3.05, 3.63) is 108 Å². The fourth-order valence-corrected chi connectivity index (χ4v) is 5.41. The SMILES string of the molecule is COc1cccc(NC(=O)[C@H](OC(=O)c2ccccc2NS(=O)(=O)c2cccs2)c2ccccc2)c1. The number of nitrogens with one attached hydrogen (secondary N) is 2. The molecule has 0 fully saturated rings. The second-order valence-corrected chi connectivity index (χ2v) is 10.4. The minimum Gasteiger partial charge on any atom is -0.497 e. The van der Waals surface area contributed by atoms with Crippen LogP contribution in [0.5, 0.6) is 5.75 Å². The first kappa shape index (κ1) is 25.0. The largest absolute Gasteiger partial charge is 0.497 e. The number of rotatable bonds is 9. The first-order valence-corrected chi connectivity index (χ1v) is 13.1. The van der Waals surface area contributed by atoms with Gasteiger partial charge in [-0.2, -0.15) is 0 Å². The number of hydrogen-bond acceptors (Lipinski definition) is 7. The maximum absolute atomic E-state index is 13.2. The Labute approximate surface area is 212 Å². The van der Waals surface area contributed by atoms with Crippen LogP contribution in [0, 0.1) is 0 Å². The van der Waals surface area contributed by atoms with Gasteiger partial charge in [-0.3, -0.25) is 9.52 Å². The van der Waals surface area contributed by atoms with Gasteiger partial charge < -0.3 is 14.8 Å². The van der Waals surface area contributed by atoms with Crippen molar-refractivity contribution >= 4 is 44.6 Å². The summed E-state index contributed by atoms with van der Waals surface area (Å²) < 4.78 is 38.8. The highest BCUT2D eigenvalue weighted by Crippen LogP contribution is 2.27. The summed E-state index contributed by atoms with van der Waals surface area (Å²) in [6.45, 7) is 0. The van der Waals surface area contributed by atoms with Gasteiger partial charge in [0.1, 0.15) is 9.96 Å². The monoisotopic (exact) mass is 522 g/mol. The molecule has 8 nitrogen and oxygen atoms in total. The van der Waals surface area contributed by atoms with Crippen molar-refractivity contribution in [2.45, 2.75) is 10.3 Å². The summed E-state index contributed by atoms with van der Waals surface area (Å²) in [5.74, 6) is -0.901. The molecule has 0 unspecified atom stereocenters. The number of carbonyl (C=O) groups excluding carboxylic acids is 2. The zero-order valence-electron chi connectivity index (χ0n) is 19.1. The molecule has 1 aromatic heterocycles. The van der Waals surface area contributed by atoms with Gasteiger partial charge in [-0.1, -0.05) is 54.6 Å². The van der Waals surface area contributed by atoms with Crippen LogP contribution in [-0.2, 0) is 19.6 Å². The Balaban J connectivity index is 1.60. The highest BCUT2D eigenvalue weighted by Gasteiger charge is 2.28. The van der Waals surface area contributed by atoms with Gasteiger partial charge in [0.25, 0.3) is 15.9 Å². The molecule has 36 heavy (non-hydrogen) atoms. The zero-order valence-corrected chi connectivity index (χ0v) is 20.7. The lowest BCUT2D eigenvalue weighted by atomic mass is 10.1. The lowest BCUT2D eigenvalue weighted by molar-refractivity contribution is -0.125. The zero-order chi connectivity index (χ0) is 25.5. The van der Waals surface area contributed by atoms with Crippen LogP contribution in [0.3, 0.4) is 0 Å². The first-order valence-electron chi connectivity index (χ1n) is 10.7. The van der Waals surface area contributed by atoms with Crippen LogP contribution >= 0.6 is 11.3 Å². The lowest BCUT2D eigenvalue weighted by Crippen LogP contribution is -2.26. The number of amides is 1. The third-order valence-electron chi connectivity index (χ3n) is 5.05. The molecule has 4 rings (SSSR count). The molecule has 0 bridgehead atoms. The molecule has 1 heterocycles. The van der Waals surface area contributed by atoms with Crippen LogP contribution in [0.1, 0.15) is 22.0 Å². The molecule has 184 valence electrons. The van der Waals surface area contributed by atoms with Gasteiger partial charge in [0, 0.05) is 17.3 Å². The van der Waals surface area contributed by atoms with Crippen molar-refractivity contribution in [3.8, 4) is 5.75 Å². The van der Waals surface area contributed by atoms with E-state index in [2.05, 4.69) is 10.0 Å². The first-order chi connectivity index (χ1) is 17.4. The van der Waals surface area contributed by atoms with E-state index in [-0.39, 0.29) is 15.5 Å². The fourth-order valence-electron chi connectivity index (χ4n) is 3.34.